The van der Waals surface area contributed by atoms with Gasteiger partial charge in [-0.25, -0.2) is 18.4 Å². The van der Waals surface area contributed by atoms with Crippen LogP contribution in [0.4, 0.5) is 5.82 Å². The second-order valence-corrected chi connectivity index (χ2v) is 9.65. The van der Waals surface area contributed by atoms with Crippen molar-refractivity contribution in [1.29, 1.82) is 0 Å². The number of hydrogen-bond donors (Lipinski definition) is 1. The highest BCUT2D eigenvalue weighted by Crippen LogP contribution is 2.23. The number of sulfone groups is 1. The largest absolute Gasteiger partial charge is 0.337 e. The fraction of sp³-hybridized carbons (Fsp3) is 0.333. The van der Waals surface area contributed by atoms with E-state index < -0.39 is 9.84 Å². The van der Waals surface area contributed by atoms with Gasteiger partial charge in [0, 0.05) is 37.7 Å². The summed E-state index contributed by atoms with van der Waals surface area (Å²) in [5.74, 6) is -0.159. The Morgan fingerprint density at radius 3 is 2.58 bits per heavy atom. The molecule has 1 fully saturated rings. The first kappa shape index (κ1) is 21.0. The zero-order valence-electron chi connectivity index (χ0n) is 17.3. The summed E-state index contributed by atoms with van der Waals surface area (Å²) in [4.78, 5) is 35.6. The van der Waals surface area contributed by atoms with Crippen LogP contribution in [0.5, 0.6) is 0 Å². The first-order chi connectivity index (χ1) is 14.7. The molecule has 2 amide bonds. The molecule has 1 aliphatic rings. The lowest BCUT2D eigenvalue weighted by Crippen LogP contribution is -2.41. The summed E-state index contributed by atoms with van der Waals surface area (Å²) in [5, 5.41) is 2.68. The Hall–Kier alpha value is -3.27. The van der Waals surface area contributed by atoms with E-state index in [9.17, 15) is 18.0 Å². The summed E-state index contributed by atoms with van der Waals surface area (Å²) in [6.45, 7) is 2.70. The highest BCUT2D eigenvalue weighted by atomic mass is 32.2. The van der Waals surface area contributed by atoms with Crippen molar-refractivity contribution in [1.82, 2.24) is 19.3 Å². The van der Waals surface area contributed by atoms with Gasteiger partial charge in [0.15, 0.2) is 5.69 Å². The lowest BCUT2D eigenvalue weighted by molar-refractivity contribution is -0.121. The van der Waals surface area contributed by atoms with Crippen molar-refractivity contribution in [2.75, 3.05) is 24.7 Å². The number of anilines is 1. The number of likely N-dealkylation sites (tertiary alicyclic amines) is 1. The molecule has 3 aromatic heterocycles. The number of carbonyl (C=O) groups excluding carboxylic acids is 2. The molecule has 10 heteroatoms. The molecule has 4 rings (SSSR count). The van der Waals surface area contributed by atoms with Crippen molar-refractivity contribution in [2.45, 2.75) is 24.9 Å². The minimum absolute atomic E-state index is 0.105. The summed E-state index contributed by atoms with van der Waals surface area (Å²) in [7, 11) is -3.60. The van der Waals surface area contributed by atoms with E-state index in [-0.39, 0.29) is 28.6 Å². The number of imidazole rings is 1. The Morgan fingerprint density at radius 1 is 1.16 bits per heavy atom. The topological polar surface area (TPSA) is 114 Å². The Balaban J connectivity index is 1.47. The number of nitrogens with one attached hydrogen (secondary N) is 1. The van der Waals surface area contributed by atoms with Gasteiger partial charge in [0.2, 0.25) is 20.9 Å². The predicted molar refractivity (Wildman–Crippen MR) is 115 cm³/mol. The number of aromatic nitrogens is 3. The number of carbonyl (C=O) groups is 2. The summed E-state index contributed by atoms with van der Waals surface area (Å²) in [6.07, 6.45) is 5.30. The van der Waals surface area contributed by atoms with Gasteiger partial charge < -0.3 is 10.2 Å². The van der Waals surface area contributed by atoms with E-state index in [1.807, 2.05) is 13.0 Å². The van der Waals surface area contributed by atoms with Gasteiger partial charge in [-0.15, -0.1) is 0 Å². The van der Waals surface area contributed by atoms with E-state index in [4.69, 9.17) is 0 Å². The number of piperidine rings is 1. The zero-order valence-corrected chi connectivity index (χ0v) is 18.1. The van der Waals surface area contributed by atoms with E-state index in [0.29, 0.717) is 37.3 Å². The Morgan fingerprint density at radius 2 is 1.90 bits per heavy atom. The molecule has 0 aromatic carbocycles. The molecular weight excluding hydrogens is 418 g/mol. The number of rotatable bonds is 4. The fourth-order valence-corrected chi connectivity index (χ4v) is 4.53. The molecule has 0 unspecified atom stereocenters. The number of fused-ring (bicyclic) bond motifs is 1. The van der Waals surface area contributed by atoms with E-state index in [1.165, 1.54) is 4.40 Å². The normalized spacial score (nSPS) is 15.2. The Labute approximate surface area is 180 Å². The van der Waals surface area contributed by atoms with Crippen molar-refractivity contribution in [3.05, 3.63) is 54.0 Å². The molecule has 9 nitrogen and oxygen atoms in total. The molecule has 1 saturated heterocycles. The van der Waals surface area contributed by atoms with Crippen molar-refractivity contribution >= 4 is 33.0 Å². The van der Waals surface area contributed by atoms with Crippen molar-refractivity contribution in [3.63, 3.8) is 0 Å². The number of nitrogens with zero attached hydrogens (tertiary/aromatic N) is 4. The maximum absolute atomic E-state index is 13.1. The molecule has 1 N–H and O–H groups in total. The second-order valence-electron chi connectivity index (χ2n) is 7.75. The highest BCUT2D eigenvalue weighted by Gasteiger charge is 2.31. The van der Waals surface area contributed by atoms with E-state index in [1.54, 1.807) is 41.6 Å². The smallest absolute Gasteiger partial charge is 0.274 e. The molecule has 1 aliphatic heterocycles. The molecule has 4 heterocycles. The van der Waals surface area contributed by atoms with Crippen LogP contribution < -0.4 is 5.32 Å². The van der Waals surface area contributed by atoms with Crippen LogP contribution in [0.2, 0.25) is 0 Å². The summed E-state index contributed by atoms with van der Waals surface area (Å²) >= 11 is 0. The van der Waals surface area contributed by atoms with E-state index in [2.05, 4.69) is 15.3 Å². The minimum atomic E-state index is -3.60. The molecule has 0 atom stereocenters. The lowest BCUT2D eigenvalue weighted by atomic mass is 9.95. The van der Waals surface area contributed by atoms with Crippen LogP contribution in [0.15, 0.2) is 47.9 Å². The Kier molecular flexibility index (Phi) is 5.48. The van der Waals surface area contributed by atoms with Gasteiger partial charge in [0.05, 0.1) is 5.52 Å². The van der Waals surface area contributed by atoms with Crippen molar-refractivity contribution < 1.29 is 18.0 Å². The number of hydrogen-bond acceptors (Lipinski definition) is 6. The molecule has 3 aromatic rings. The van der Waals surface area contributed by atoms with Crippen molar-refractivity contribution in [3.8, 4) is 0 Å². The van der Waals surface area contributed by atoms with Crippen LogP contribution in [0.1, 0.15) is 28.9 Å². The van der Waals surface area contributed by atoms with Gasteiger partial charge in [0.1, 0.15) is 5.82 Å². The highest BCUT2D eigenvalue weighted by molar-refractivity contribution is 7.90. The lowest BCUT2D eigenvalue weighted by Gasteiger charge is -2.30. The summed E-state index contributed by atoms with van der Waals surface area (Å²) in [5.41, 5.74) is 1.55. The standard InChI is InChI=1S/C21H23N5O4S/c1-14-6-9-22-17(13-14)23-19(27)15-7-11-25(12-8-15)20(28)18-16-5-3-4-10-26(16)21(24-18)31(2,29)30/h3-6,9-10,13,15H,7-8,11-12H2,1-2H3,(H,22,23,27). The van der Waals surface area contributed by atoms with Gasteiger partial charge in [-0.3, -0.25) is 14.0 Å². The van der Waals surface area contributed by atoms with Gasteiger partial charge in [-0.2, -0.15) is 0 Å². The Bertz CT molecular complexity index is 1260. The van der Waals surface area contributed by atoms with Crippen LogP contribution in [0, 0.1) is 12.8 Å². The monoisotopic (exact) mass is 441 g/mol. The third-order valence-corrected chi connectivity index (χ3v) is 6.32. The first-order valence-electron chi connectivity index (χ1n) is 9.94. The first-order valence-corrected chi connectivity index (χ1v) is 11.8. The number of amides is 2. The van der Waals surface area contributed by atoms with Gasteiger partial charge in [-0.05, 0) is 49.6 Å². The van der Waals surface area contributed by atoms with Crippen LogP contribution in [0.3, 0.4) is 0 Å². The average molecular weight is 442 g/mol. The van der Waals surface area contributed by atoms with Crippen molar-refractivity contribution in [2.24, 2.45) is 5.92 Å². The van der Waals surface area contributed by atoms with Crippen LogP contribution >= 0.6 is 0 Å². The number of pyridine rings is 2. The summed E-state index contributed by atoms with van der Waals surface area (Å²) in [6, 6.07) is 8.75. The third-order valence-electron chi connectivity index (χ3n) is 5.37. The van der Waals surface area contributed by atoms with Crippen LogP contribution in [-0.2, 0) is 14.6 Å². The zero-order chi connectivity index (χ0) is 22.2. The molecule has 162 valence electrons. The molecule has 0 aliphatic carbocycles. The molecular formula is C21H23N5O4S. The fourth-order valence-electron chi connectivity index (χ4n) is 3.76. The predicted octanol–water partition coefficient (Wildman–Crippen LogP) is 1.93. The molecule has 0 bridgehead atoms. The number of aryl methyl sites for hydroxylation is 1. The summed E-state index contributed by atoms with van der Waals surface area (Å²) < 4.78 is 25.6. The van der Waals surface area contributed by atoms with Gasteiger partial charge in [0.25, 0.3) is 5.91 Å². The van der Waals surface area contributed by atoms with Crippen LogP contribution in [0.25, 0.3) is 5.52 Å². The molecule has 0 saturated carbocycles. The van der Waals surface area contributed by atoms with Crippen LogP contribution in [-0.4, -0.2) is 58.8 Å². The maximum atomic E-state index is 13.1. The maximum Gasteiger partial charge on any atom is 0.274 e. The molecule has 0 radical (unpaired) electrons. The van der Waals surface area contributed by atoms with Gasteiger partial charge in [-0.1, -0.05) is 6.07 Å². The van der Waals surface area contributed by atoms with E-state index in [0.717, 1.165) is 11.8 Å². The SMILES string of the molecule is Cc1ccnc(NC(=O)C2CCN(C(=O)c3nc(S(C)(=O)=O)n4ccccc34)CC2)c1. The minimum Gasteiger partial charge on any atom is -0.337 e. The second kappa shape index (κ2) is 8.10. The average Bonchev–Trinajstić information content (AvgIpc) is 3.13. The third kappa shape index (κ3) is 4.29. The molecule has 31 heavy (non-hydrogen) atoms. The molecule has 0 spiro atoms. The van der Waals surface area contributed by atoms with E-state index >= 15 is 0 Å². The van der Waals surface area contributed by atoms with Gasteiger partial charge >= 0.3 is 0 Å². The quantitative estimate of drug-likeness (QED) is 0.662.